The van der Waals surface area contributed by atoms with E-state index in [-0.39, 0.29) is 23.0 Å². The summed E-state index contributed by atoms with van der Waals surface area (Å²) in [5.41, 5.74) is 4.45. The number of halogens is 3. The van der Waals surface area contributed by atoms with Crippen LogP contribution in [-0.2, 0) is 15.3 Å². The van der Waals surface area contributed by atoms with Gasteiger partial charge in [-0.2, -0.15) is 8.78 Å². The average molecular weight is 498 g/mol. The lowest BCUT2D eigenvalue weighted by Gasteiger charge is -2.44. The number of carbonyl (C=O) groups excluding carboxylic acids is 1. The fraction of sp³-hybridized carbons (Fsp3) is 0.450. The smallest absolute Gasteiger partial charge is 0.388 e. The summed E-state index contributed by atoms with van der Waals surface area (Å²) in [6.45, 7) is 2.25. The highest BCUT2D eigenvalue weighted by Gasteiger charge is 2.57. The minimum Gasteiger partial charge on any atom is -0.415 e. The Kier molecular flexibility index (Phi) is 5.74. The summed E-state index contributed by atoms with van der Waals surface area (Å²) in [6.07, 6.45) is 2.23. The topological polar surface area (TPSA) is 145 Å². The van der Waals surface area contributed by atoms with Crippen LogP contribution in [0.5, 0.6) is 5.88 Å². The number of hydrogen-bond donors (Lipinski definition) is 2. The number of nitrogens with zero attached hydrogens (tertiary/aromatic N) is 5. The number of nitrogens with one attached hydrogen (secondary N) is 1. The first kappa shape index (κ1) is 23.9. The summed E-state index contributed by atoms with van der Waals surface area (Å²) in [5, 5.41) is 1.82. The highest BCUT2D eigenvalue weighted by Crippen LogP contribution is 2.47. The molecule has 3 N–H and O–H groups in total. The van der Waals surface area contributed by atoms with Crippen LogP contribution in [0.25, 0.3) is 0 Å². The molecule has 0 unspecified atom stereocenters. The van der Waals surface area contributed by atoms with Gasteiger partial charge in [0.15, 0.2) is 0 Å². The molecule has 0 saturated carbocycles. The Labute approximate surface area is 193 Å². The number of aliphatic imine (C=N–C) groups is 1. The lowest BCUT2D eigenvalue weighted by atomic mass is 9.89. The zero-order valence-electron chi connectivity index (χ0n) is 18.5. The van der Waals surface area contributed by atoms with Crippen molar-refractivity contribution in [2.24, 2.45) is 15.1 Å². The number of ether oxygens (including phenoxy) is 1. The summed E-state index contributed by atoms with van der Waals surface area (Å²) in [4.78, 5) is 28.6. The Morgan fingerprint density at radius 2 is 2.00 bits per heavy atom. The van der Waals surface area contributed by atoms with Crippen molar-refractivity contribution in [2.45, 2.75) is 49.3 Å². The summed E-state index contributed by atoms with van der Waals surface area (Å²) in [7, 11) is -2.90. The zero-order valence-corrected chi connectivity index (χ0v) is 19.3. The second-order valence-electron chi connectivity index (χ2n) is 8.45. The first-order valence-electron chi connectivity index (χ1n) is 10.2. The van der Waals surface area contributed by atoms with E-state index in [0.717, 1.165) is 18.5 Å². The Balaban J connectivity index is 1.67. The number of anilines is 1. The number of amides is 1. The summed E-state index contributed by atoms with van der Waals surface area (Å²) in [5.74, 6) is -1.88. The summed E-state index contributed by atoms with van der Waals surface area (Å²) in [6, 6.07) is 2.34. The van der Waals surface area contributed by atoms with Crippen LogP contribution in [0.2, 0.25) is 0 Å². The number of nitrogens with two attached hydrogens (primary N) is 1. The third kappa shape index (κ3) is 3.75. The SMILES string of the molecule is CC1(C)C(N)=N[C@](C)(c2nc(NC(=O)c3cnc(OC(F)F)cn3)ccc2F)[C@@H]2CCN=[S@@]21=O. The Hall–Kier alpha value is -3.29. The molecule has 0 bridgehead atoms. The van der Waals surface area contributed by atoms with Crippen molar-refractivity contribution in [3.63, 3.8) is 0 Å². The number of pyridine rings is 1. The van der Waals surface area contributed by atoms with Crippen LogP contribution >= 0.6 is 0 Å². The Morgan fingerprint density at radius 1 is 1.26 bits per heavy atom. The number of alkyl halides is 2. The molecule has 34 heavy (non-hydrogen) atoms. The van der Waals surface area contributed by atoms with Gasteiger partial charge in [0, 0.05) is 6.54 Å². The fourth-order valence-electron chi connectivity index (χ4n) is 4.11. The standard InChI is InChI=1S/C20H22F3N7O3S/c1-19(2)17(24)30-20(3,12-6-7-27-34(12,19)32)15-10(21)4-5-13(28-15)29-16(31)11-8-26-14(9-25-11)33-18(22)23/h4-5,8-9,12,18H,6-7H2,1-3H3,(H2,24,30)(H,28,29,31)/t12-,20-,34+/m0/s1. The van der Waals surface area contributed by atoms with Gasteiger partial charge >= 0.3 is 6.61 Å². The molecular weight excluding hydrogens is 475 g/mol. The molecule has 0 aliphatic carbocycles. The van der Waals surface area contributed by atoms with Crippen LogP contribution in [0.1, 0.15) is 43.4 Å². The largest absolute Gasteiger partial charge is 0.415 e. The van der Waals surface area contributed by atoms with Gasteiger partial charge in [-0.15, -0.1) is 0 Å². The van der Waals surface area contributed by atoms with Gasteiger partial charge in [-0.25, -0.2) is 27.9 Å². The minimum absolute atomic E-state index is 0.0302. The van der Waals surface area contributed by atoms with Crippen molar-refractivity contribution in [2.75, 3.05) is 11.9 Å². The van der Waals surface area contributed by atoms with E-state index in [4.69, 9.17) is 5.73 Å². The highest BCUT2D eigenvalue weighted by molar-refractivity contribution is 7.96. The van der Waals surface area contributed by atoms with Crippen molar-refractivity contribution in [1.29, 1.82) is 0 Å². The average Bonchev–Trinajstić information content (AvgIpc) is 3.18. The molecule has 4 heterocycles. The molecule has 0 saturated heterocycles. The second-order valence-corrected chi connectivity index (χ2v) is 11.4. The van der Waals surface area contributed by atoms with Crippen LogP contribution in [0.3, 0.4) is 0 Å². The molecule has 2 aliphatic heterocycles. The first-order chi connectivity index (χ1) is 15.9. The van der Waals surface area contributed by atoms with Crippen molar-refractivity contribution in [3.05, 3.63) is 41.7 Å². The molecule has 2 aromatic heterocycles. The number of amidine groups is 1. The van der Waals surface area contributed by atoms with Gasteiger partial charge in [0.05, 0.1) is 27.4 Å². The van der Waals surface area contributed by atoms with Gasteiger partial charge in [0.2, 0.25) is 5.88 Å². The van der Waals surface area contributed by atoms with Crippen molar-refractivity contribution in [1.82, 2.24) is 15.0 Å². The summed E-state index contributed by atoms with van der Waals surface area (Å²) >= 11 is 0. The Morgan fingerprint density at radius 3 is 2.65 bits per heavy atom. The molecule has 182 valence electrons. The lowest BCUT2D eigenvalue weighted by Crippen LogP contribution is -2.58. The molecule has 2 aromatic rings. The van der Waals surface area contributed by atoms with Gasteiger partial charge < -0.3 is 15.8 Å². The molecule has 2 aliphatic rings. The maximum Gasteiger partial charge on any atom is 0.388 e. The second kappa shape index (κ2) is 8.18. The van der Waals surface area contributed by atoms with Crippen LogP contribution in [0, 0.1) is 5.82 Å². The number of fused-ring (bicyclic) bond motifs is 1. The third-order valence-corrected chi connectivity index (χ3v) is 9.73. The van der Waals surface area contributed by atoms with Crippen molar-refractivity contribution in [3.8, 4) is 5.88 Å². The molecular formula is C20H22F3N7O3S. The predicted molar refractivity (Wildman–Crippen MR) is 118 cm³/mol. The highest BCUT2D eigenvalue weighted by atomic mass is 32.2. The molecule has 10 nitrogen and oxygen atoms in total. The Bertz CT molecular complexity index is 1290. The van der Waals surface area contributed by atoms with Crippen LogP contribution in [0.4, 0.5) is 19.0 Å². The number of hydrogen-bond acceptors (Lipinski definition) is 9. The fourth-order valence-corrected chi connectivity index (χ4v) is 7.26. The van der Waals surface area contributed by atoms with Crippen LogP contribution < -0.4 is 15.8 Å². The lowest BCUT2D eigenvalue weighted by molar-refractivity contribution is -0.0531. The van der Waals surface area contributed by atoms with Crippen molar-refractivity contribution >= 4 is 27.3 Å². The normalized spacial score (nSPS) is 27.5. The zero-order chi connectivity index (χ0) is 24.9. The van der Waals surface area contributed by atoms with Gasteiger partial charge in [-0.05, 0) is 39.3 Å². The van der Waals surface area contributed by atoms with Crippen LogP contribution in [0.15, 0.2) is 33.9 Å². The number of aromatic nitrogens is 3. The van der Waals surface area contributed by atoms with Crippen molar-refractivity contribution < 1.29 is 26.9 Å². The molecule has 0 radical (unpaired) electrons. The van der Waals surface area contributed by atoms with E-state index in [1.54, 1.807) is 20.8 Å². The van der Waals surface area contributed by atoms with E-state index in [9.17, 15) is 17.8 Å². The summed E-state index contributed by atoms with van der Waals surface area (Å²) < 4.78 is 60.8. The molecule has 0 spiro atoms. The molecule has 1 amide bonds. The van der Waals surface area contributed by atoms with E-state index >= 15 is 4.39 Å². The predicted octanol–water partition coefficient (Wildman–Crippen LogP) is 2.47. The quantitative estimate of drug-likeness (QED) is 0.645. The maximum absolute atomic E-state index is 15.0. The molecule has 14 heteroatoms. The van der Waals surface area contributed by atoms with E-state index in [1.807, 2.05) is 0 Å². The van der Waals surface area contributed by atoms with Gasteiger partial charge in [-0.3, -0.25) is 9.79 Å². The molecule has 0 aromatic carbocycles. The number of carbonyl (C=O) groups is 1. The molecule has 4 rings (SSSR count). The van der Waals surface area contributed by atoms with E-state index in [0.29, 0.717) is 13.0 Å². The maximum atomic E-state index is 15.0. The first-order valence-corrected chi connectivity index (χ1v) is 11.8. The van der Waals surface area contributed by atoms with E-state index in [2.05, 4.69) is 34.4 Å². The minimum atomic E-state index is -3.08. The number of rotatable bonds is 5. The van der Waals surface area contributed by atoms with E-state index in [1.165, 1.54) is 6.07 Å². The molecule has 0 fully saturated rings. The van der Waals surface area contributed by atoms with Gasteiger partial charge in [0.1, 0.15) is 39.1 Å². The van der Waals surface area contributed by atoms with Gasteiger partial charge in [-0.1, -0.05) is 0 Å². The monoisotopic (exact) mass is 497 g/mol. The van der Waals surface area contributed by atoms with Gasteiger partial charge in [0.25, 0.3) is 5.91 Å². The van der Waals surface area contributed by atoms with E-state index < -0.39 is 49.5 Å². The molecule has 3 atom stereocenters. The van der Waals surface area contributed by atoms with Crippen LogP contribution in [-0.4, -0.2) is 54.1 Å². The third-order valence-electron chi connectivity index (χ3n) is 6.03.